The highest BCUT2D eigenvalue weighted by atomic mass is 35.5. The van der Waals surface area contributed by atoms with Gasteiger partial charge in [0.1, 0.15) is 0 Å². The van der Waals surface area contributed by atoms with E-state index in [2.05, 4.69) is 5.32 Å². The van der Waals surface area contributed by atoms with Gasteiger partial charge in [0.2, 0.25) is 0 Å². The Morgan fingerprint density at radius 1 is 1.30 bits per heavy atom. The Bertz CT molecular complexity index is 71.3. The van der Waals surface area contributed by atoms with Crippen LogP contribution in [-0.2, 0) is 0 Å². The summed E-state index contributed by atoms with van der Waals surface area (Å²) in [6, 6.07) is 0. The summed E-state index contributed by atoms with van der Waals surface area (Å²) in [5.41, 5.74) is 0. The van der Waals surface area contributed by atoms with E-state index in [0.29, 0.717) is 5.92 Å². The maximum Gasteiger partial charge on any atom is 0.0897 e. The number of hydrogen-bond donors (Lipinski definition) is 1. The molecule has 0 atom stereocenters. The lowest BCUT2D eigenvalue weighted by molar-refractivity contribution is 0.315. The molecule has 0 unspecified atom stereocenters. The van der Waals surface area contributed by atoms with Crippen LogP contribution in [0.25, 0.3) is 0 Å². The maximum atomic E-state index is 11.8. The molecule has 0 aliphatic carbocycles. The lowest BCUT2D eigenvalue weighted by Gasteiger charge is -2.20. The van der Waals surface area contributed by atoms with Crippen LogP contribution in [0, 0.1) is 5.92 Å². The van der Waals surface area contributed by atoms with Gasteiger partial charge in [0.25, 0.3) is 0 Å². The summed E-state index contributed by atoms with van der Waals surface area (Å²) in [5, 5.41) is 3.25. The first-order chi connectivity index (χ1) is 4.43. The molecule has 0 amide bonds. The quantitative estimate of drug-likeness (QED) is 0.661. The molecule has 1 fully saturated rings. The summed E-state index contributed by atoms with van der Waals surface area (Å²) in [6.07, 6.45) is 3.12. The van der Waals surface area contributed by atoms with Crippen molar-refractivity contribution in [2.24, 2.45) is 5.92 Å². The van der Waals surface area contributed by atoms with Crippen molar-refractivity contribution in [3.63, 3.8) is 0 Å². The molecule has 0 radical (unpaired) electrons. The fourth-order valence-corrected chi connectivity index (χ4v) is 1.32. The van der Waals surface area contributed by atoms with Crippen molar-refractivity contribution < 1.29 is 4.39 Å². The second-order valence-corrected chi connectivity index (χ2v) is 2.67. The van der Waals surface area contributed by atoms with Crippen LogP contribution in [0.2, 0.25) is 0 Å². The largest absolute Gasteiger partial charge is 0.317 e. The van der Waals surface area contributed by atoms with Crippen molar-refractivity contribution in [1.29, 1.82) is 0 Å². The summed E-state index contributed by atoms with van der Waals surface area (Å²) >= 11 is 0. The molecule has 1 aliphatic heterocycles. The van der Waals surface area contributed by atoms with E-state index in [9.17, 15) is 4.39 Å². The number of hydrogen-bond acceptors (Lipinski definition) is 1. The first kappa shape index (κ1) is 10.2. The predicted octanol–water partition coefficient (Wildman–Crippen LogP) is 1.77. The monoisotopic (exact) mass is 167 g/mol. The normalized spacial score (nSPS) is 20.1. The second-order valence-electron chi connectivity index (χ2n) is 2.67. The van der Waals surface area contributed by atoms with Crippen molar-refractivity contribution >= 4 is 12.4 Å². The van der Waals surface area contributed by atoms with Gasteiger partial charge in [0.15, 0.2) is 0 Å². The van der Waals surface area contributed by atoms with Gasteiger partial charge in [-0.3, -0.25) is 4.39 Å². The third kappa shape index (κ3) is 3.37. The molecular formula is C7H15ClFN. The fourth-order valence-electron chi connectivity index (χ4n) is 1.32. The van der Waals surface area contributed by atoms with Gasteiger partial charge in [-0.1, -0.05) is 0 Å². The average molecular weight is 168 g/mol. The van der Waals surface area contributed by atoms with Crippen molar-refractivity contribution in [3.05, 3.63) is 0 Å². The van der Waals surface area contributed by atoms with Crippen LogP contribution in [-0.4, -0.2) is 19.8 Å². The zero-order valence-electron chi connectivity index (χ0n) is 6.11. The predicted molar refractivity (Wildman–Crippen MR) is 43.4 cm³/mol. The zero-order chi connectivity index (χ0) is 6.53. The van der Waals surface area contributed by atoms with Gasteiger partial charge in [-0.15, -0.1) is 12.4 Å². The molecule has 62 valence electrons. The Hall–Kier alpha value is 0.180. The maximum absolute atomic E-state index is 11.8. The average Bonchev–Trinajstić information content (AvgIpc) is 1.91. The van der Waals surface area contributed by atoms with Crippen LogP contribution in [0.1, 0.15) is 19.3 Å². The number of halogens is 2. The molecular weight excluding hydrogens is 153 g/mol. The van der Waals surface area contributed by atoms with E-state index in [1.54, 1.807) is 0 Å². The fraction of sp³-hybridized carbons (Fsp3) is 1.00. The molecule has 0 aromatic heterocycles. The molecule has 0 saturated carbocycles. The molecule has 0 aromatic rings. The van der Waals surface area contributed by atoms with Gasteiger partial charge >= 0.3 is 0 Å². The molecule has 0 aromatic carbocycles. The van der Waals surface area contributed by atoms with Crippen LogP contribution >= 0.6 is 12.4 Å². The molecule has 1 nitrogen and oxygen atoms in total. The van der Waals surface area contributed by atoms with Crippen LogP contribution < -0.4 is 5.32 Å². The van der Waals surface area contributed by atoms with Crippen LogP contribution in [0.4, 0.5) is 4.39 Å². The number of alkyl halides is 1. The lowest BCUT2D eigenvalue weighted by Crippen LogP contribution is -2.27. The standard InChI is InChI=1S/C7H14FN.ClH/c8-4-1-7-2-5-9-6-3-7;/h7,9H,1-6H2;1H. The molecule has 0 spiro atoms. The van der Waals surface area contributed by atoms with E-state index >= 15 is 0 Å². The van der Waals surface area contributed by atoms with E-state index in [4.69, 9.17) is 0 Å². The third-order valence-corrected chi connectivity index (χ3v) is 1.98. The zero-order valence-corrected chi connectivity index (χ0v) is 6.92. The van der Waals surface area contributed by atoms with Crippen molar-refractivity contribution in [2.45, 2.75) is 19.3 Å². The van der Waals surface area contributed by atoms with E-state index in [-0.39, 0.29) is 19.1 Å². The number of nitrogens with one attached hydrogen (secondary N) is 1. The molecule has 1 N–H and O–H groups in total. The Morgan fingerprint density at radius 2 is 1.90 bits per heavy atom. The highest BCUT2D eigenvalue weighted by Crippen LogP contribution is 2.15. The van der Waals surface area contributed by atoms with Gasteiger partial charge in [-0.25, -0.2) is 0 Å². The summed E-state index contributed by atoms with van der Waals surface area (Å²) in [5.74, 6) is 0.663. The van der Waals surface area contributed by atoms with Gasteiger partial charge < -0.3 is 5.32 Å². The summed E-state index contributed by atoms with van der Waals surface area (Å²) in [4.78, 5) is 0. The highest BCUT2D eigenvalue weighted by Gasteiger charge is 2.11. The Labute approximate surface area is 67.8 Å². The van der Waals surface area contributed by atoms with Gasteiger partial charge in [-0.2, -0.15) is 0 Å². The van der Waals surface area contributed by atoms with Crippen LogP contribution in [0.15, 0.2) is 0 Å². The molecule has 1 rings (SSSR count). The van der Waals surface area contributed by atoms with Crippen LogP contribution in [0.3, 0.4) is 0 Å². The number of piperidine rings is 1. The minimum Gasteiger partial charge on any atom is -0.317 e. The molecule has 0 bridgehead atoms. The number of rotatable bonds is 2. The first-order valence-electron chi connectivity index (χ1n) is 3.70. The topological polar surface area (TPSA) is 12.0 Å². The van der Waals surface area contributed by atoms with E-state index in [0.717, 1.165) is 19.5 Å². The van der Waals surface area contributed by atoms with Crippen LogP contribution in [0.5, 0.6) is 0 Å². The van der Waals surface area contributed by atoms with E-state index in [1.807, 2.05) is 0 Å². The second kappa shape index (κ2) is 5.93. The van der Waals surface area contributed by atoms with Crippen molar-refractivity contribution in [1.82, 2.24) is 5.32 Å². The smallest absolute Gasteiger partial charge is 0.0897 e. The summed E-state index contributed by atoms with van der Waals surface area (Å²) in [7, 11) is 0. The Balaban J connectivity index is 0.000000810. The van der Waals surface area contributed by atoms with E-state index < -0.39 is 0 Å². The SMILES string of the molecule is Cl.FCCC1CCNCC1. The molecule has 3 heteroatoms. The summed E-state index contributed by atoms with van der Waals surface area (Å²) < 4.78 is 11.8. The molecule has 1 aliphatic rings. The van der Waals surface area contributed by atoms with Gasteiger partial charge in [0, 0.05) is 0 Å². The molecule has 10 heavy (non-hydrogen) atoms. The first-order valence-corrected chi connectivity index (χ1v) is 3.70. The molecule has 1 saturated heterocycles. The van der Waals surface area contributed by atoms with E-state index in [1.165, 1.54) is 12.8 Å². The minimum absolute atomic E-state index is 0. The molecule has 1 heterocycles. The summed E-state index contributed by atoms with van der Waals surface area (Å²) in [6.45, 7) is 2.04. The van der Waals surface area contributed by atoms with Crippen molar-refractivity contribution in [3.8, 4) is 0 Å². The highest BCUT2D eigenvalue weighted by molar-refractivity contribution is 5.85. The Morgan fingerprint density at radius 3 is 2.40 bits per heavy atom. The van der Waals surface area contributed by atoms with Gasteiger partial charge in [0.05, 0.1) is 6.67 Å². The minimum atomic E-state index is -0.134. The Kier molecular flexibility index (Phi) is 6.03. The van der Waals surface area contributed by atoms with Gasteiger partial charge in [-0.05, 0) is 38.3 Å². The third-order valence-electron chi connectivity index (χ3n) is 1.98. The van der Waals surface area contributed by atoms with Crippen molar-refractivity contribution in [2.75, 3.05) is 19.8 Å². The lowest BCUT2D eigenvalue weighted by atomic mass is 9.95.